The molecule has 0 amide bonds. The van der Waals surface area contributed by atoms with Crippen molar-refractivity contribution in [2.45, 2.75) is 6.92 Å². The second-order valence-electron chi connectivity index (χ2n) is 2.44. The Labute approximate surface area is 80.6 Å². The van der Waals surface area contributed by atoms with Crippen molar-refractivity contribution in [3.05, 3.63) is 29.3 Å². The second-order valence-corrected chi connectivity index (χ2v) is 3.00. The average Bonchev–Trinajstić information content (AvgIpc) is 2.07. The van der Waals surface area contributed by atoms with Crippen molar-refractivity contribution in [1.29, 1.82) is 0 Å². The van der Waals surface area contributed by atoms with E-state index in [0.717, 1.165) is 11.1 Å². The van der Waals surface area contributed by atoms with Crippen LogP contribution in [0, 0.1) is 18.8 Å². The third-order valence-corrected chi connectivity index (χ3v) is 1.78. The van der Waals surface area contributed by atoms with E-state index < -0.39 is 0 Å². The van der Waals surface area contributed by atoms with Crippen LogP contribution in [0.25, 0.3) is 0 Å². The summed E-state index contributed by atoms with van der Waals surface area (Å²) in [5, 5.41) is 9.89. The summed E-state index contributed by atoms with van der Waals surface area (Å²) in [6.07, 6.45) is 0. The fourth-order valence-corrected chi connectivity index (χ4v) is 1.01. The third-order valence-electron chi connectivity index (χ3n) is 1.50. The lowest BCUT2D eigenvalue weighted by Gasteiger charge is -1.97. The molecule has 2 heteroatoms. The molecule has 1 aromatic rings. The second kappa shape index (κ2) is 4.18. The van der Waals surface area contributed by atoms with Crippen molar-refractivity contribution in [1.82, 2.24) is 0 Å². The molecule has 1 rings (SSSR count). The maximum absolute atomic E-state index is 9.21. The van der Waals surface area contributed by atoms with E-state index in [1.807, 2.05) is 13.0 Å². The summed E-state index contributed by atoms with van der Waals surface area (Å²) in [7, 11) is 0. The predicted molar refractivity (Wildman–Crippen MR) is 53.5 cm³/mol. The van der Waals surface area contributed by atoms with Gasteiger partial charge >= 0.3 is 0 Å². The lowest BCUT2D eigenvalue weighted by atomic mass is 10.1. The van der Waals surface area contributed by atoms with Gasteiger partial charge < -0.3 is 5.11 Å². The molecule has 0 heterocycles. The molecule has 1 N–H and O–H groups in total. The number of phenolic OH excluding ortho intramolecular Hbond substituents is 1. The maximum Gasteiger partial charge on any atom is 0.118 e. The predicted octanol–water partition coefficient (Wildman–Crippen LogP) is 2.45. The van der Waals surface area contributed by atoms with Gasteiger partial charge in [-0.2, -0.15) is 0 Å². The molecule has 0 aromatic heterocycles. The van der Waals surface area contributed by atoms with E-state index in [9.17, 15) is 5.11 Å². The molecule has 0 aliphatic carbocycles. The van der Waals surface area contributed by atoms with Gasteiger partial charge in [0, 0.05) is 5.56 Å². The van der Waals surface area contributed by atoms with Crippen LogP contribution in [0.15, 0.2) is 18.2 Å². The quantitative estimate of drug-likeness (QED) is 0.531. The van der Waals surface area contributed by atoms with E-state index in [4.69, 9.17) is 0 Å². The fourth-order valence-electron chi connectivity index (χ4n) is 0.869. The van der Waals surface area contributed by atoms with E-state index in [1.54, 1.807) is 12.1 Å². The zero-order valence-electron chi connectivity index (χ0n) is 6.76. The number of aromatic hydroxyl groups is 1. The van der Waals surface area contributed by atoms with Crippen LogP contribution >= 0.6 is 15.9 Å². The first-order valence-corrected chi connectivity index (χ1v) is 4.70. The molecule has 1 aromatic carbocycles. The number of hydrogen-bond donors (Lipinski definition) is 1. The molecule has 0 aliphatic rings. The molecule has 0 atom stereocenters. The van der Waals surface area contributed by atoms with E-state index in [-0.39, 0.29) is 0 Å². The monoisotopic (exact) mass is 224 g/mol. The Kier molecular flexibility index (Phi) is 3.19. The summed E-state index contributed by atoms with van der Waals surface area (Å²) in [6, 6.07) is 5.33. The molecule has 0 aliphatic heterocycles. The number of hydrogen-bond acceptors (Lipinski definition) is 1. The lowest BCUT2D eigenvalue weighted by molar-refractivity contribution is 0.471. The van der Waals surface area contributed by atoms with Crippen LogP contribution in [0.5, 0.6) is 5.75 Å². The Morgan fingerprint density at radius 2 is 2.25 bits per heavy atom. The smallest absolute Gasteiger partial charge is 0.118 e. The molecule has 0 bridgehead atoms. The Balaban J connectivity index is 2.97. The van der Waals surface area contributed by atoms with Crippen molar-refractivity contribution >= 4 is 15.9 Å². The number of benzene rings is 1. The van der Waals surface area contributed by atoms with Crippen LogP contribution < -0.4 is 0 Å². The summed E-state index contributed by atoms with van der Waals surface area (Å²) in [6.45, 7) is 1.86. The molecule has 0 saturated carbocycles. The lowest BCUT2D eigenvalue weighted by Crippen LogP contribution is -1.78. The van der Waals surface area contributed by atoms with Crippen LogP contribution in [0.4, 0.5) is 0 Å². The van der Waals surface area contributed by atoms with Gasteiger partial charge in [-0.05, 0) is 30.7 Å². The molecule has 12 heavy (non-hydrogen) atoms. The van der Waals surface area contributed by atoms with E-state index in [1.165, 1.54) is 0 Å². The van der Waals surface area contributed by atoms with Gasteiger partial charge in [0.1, 0.15) is 5.75 Å². The van der Waals surface area contributed by atoms with Gasteiger partial charge in [0.25, 0.3) is 0 Å². The highest BCUT2D eigenvalue weighted by Gasteiger charge is 1.94. The van der Waals surface area contributed by atoms with Crippen molar-refractivity contribution in [3.63, 3.8) is 0 Å². The number of halogens is 1. The number of phenols is 1. The van der Waals surface area contributed by atoms with Crippen molar-refractivity contribution in [2.75, 3.05) is 5.33 Å². The zero-order valence-corrected chi connectivity index (χ0v) is 8.35. The van der Waals surface area contributed by atoms with Gasteiger partial charge in [0.2, 0.25) is 0 Å². The van der Waals surface area contributed by atoms with Crippen LogP contribution in [-0.4, -0.2) is 10.4 Å². The summed E-state index contributed by atoms with van der Waals surface area (Å²) in [4.78, 5) is 0. The largest absolute Gasteiger partial charge is 0.508 e. The molecule has 0 spiro atoms. The first-order valence-electron chi connectivity index (χ1n) is 3.58. The van der Waals surface area contributed by atoms with Gasteiger partial charge in [-0.25, -0.2) is 0 Å². The molecule has 0 unspecified atom stereocenters. The Bertz CT molecular complexity index is 333. The van der Waals surface area contributed by atoms with Gasteiger partial charge in [0.15, 0.2) is 0 Å². The van der Waals surface area contributed by atoms with Crippen LogP contribution in [0.3, 0.4) is 0 Å². The summed E-state index contributed by atoms with van der Waals surface area (Å²) in [5.74, 6) is 6.17. The van der Waals surface area contributed by atoms with Gasteiger partial charge in [-0.1, -0.05) is 27.8 Å². The highest BCUT2D eigenvalue weighted by molar-refractivity contribution is 9.09. The first-order chi connectivity index (χ1) is 5.74. The van der Waals surface area contributed by atoms with Crippen LogP contribution in [-0.2, 0) is 0 Å². The summed E-state index contributed by atoms with van der Waals surface area (Å²) in [5.41, 5.74) is 1.79. The molecule has 0 radical (unpaired) electrons. The number of alkyl halides is 1. The first kappa shape index (κ1) is 9.15. The van der Waals surface area contributed by atoms with E-state index >= 15 is 0 Å². The molecule has 0 fully saturated rings. The fraction of sp³-hybridized carbons (Fsp3) is 0.200. The highest BCUT2D eigenvalue weighted by Crippen LogP contribution is 2.15. The Morgan fingerprint density at radius 1 is 1.50 bits per heavy atom. The van der Waals surface area contributed by atoms with E-state index in [2.05, 4.69) is 27.8 Å². The Hall–Kier alpha value is -0.940. The summed E-state index contributed by atoms with van der Waals surface area (Å²) < 4.78 is 0. The summed E-state index contributed by atoms with van der Waals surface area (Å²) >= 11 is 3.22. The minimum absolute atomic E-state index is 0.319. The minimum atomic E-state index is 0.319. The molecular formula is C10H9BrO. The van der Waals surface area contributed by atoms with Crippen molar-refractivity contribution < 1.29 is 5.11 Å². The normalized spacial score (nSPS) is 8.83. The SMILES string of the molecule is Cc1cc(C#CCBr)ccc1O. The topological polar surface area (TPSA) is 20.2 Å². The average molecular weight is 225 g/mol. The van der Waals surface area contributed by atoms with Crippen molar-refractivity contribution in [3.8, 4) is 17.6 Å². The molecule has 1 nitrogen and oxygen atoms in total. The van der Waals surface area contributed by atoms with Crippen molar-refractivity contribution in [2.24, 2.45) is 0 Å². The van der Waals surface area contributed by atoms with Crippen LogP contribution in [0.2, 0.25) is 0 Å². The number of aryl methyl sites for hydroxylation is 1. The zero-order chi connectivity index (χ0) is 8.97. The molecular weight excluding hydrogens is 216 g/mol. The highest BCUT2D eigenvalue weighted by atomic mass is 79.9. The number of rotatable bonds is 0. The van der Waals surface area contributed by atoms with Gasteiger partial charge in [-0.15, -0.1) is 0 Å². The van der Waals surface area contributed by atoms with E-state index in [0.29, 0.717) is 11.1 Å². The maximum atomic E-state index is 9.21. The Morgan fingerprint density at radius 3 is 2.83 bits per heavy atom. The molecule has 62 valence electrons. The van der Waals surface area contributed by atoms with Gasteiger partial charge in [0.05, 0.1) is 5.33 Å². The third kappa shape index (κ3) is 2.28. The van der Waals surface area contributed by atoms with Crippen LogP contribution in [0.1, 0.15) is 11.1 Å². The van der Waals surface area contributed by atoms with Gasteiger partial charge in [-0.3, -0.25) is 0 Å². The molecule has 0 saturated heterocycles. The standard InChI is InChI=1S/C10H9BrO/c1-8-7-9(3-2-6-11)4-5-10(8)12/h4-5,7,12H,6H2,1H3. The minimum Gasteiger partial charge on any atom is -0.508 e.